The average Bonchev–Trinajstić information content (AvgIpc) is 2.89. The average molecular weight is 337 g/mol. The molecule has 0 unspecified atom stereocenters. The molecule has 0 atom stereocenters. The largest absolute Gasteiger partial charge is 0.478 e. The van der Waals surface area contributed by atoms with Crippen molar-refractivity contribution in [3.63, 3.8) is 0 Å². The number of carboxylic acid groups (broad SMARTS) is 1. The highest BCUT2D eigenvalue weighted by molar-refractivity contribution is 5.98. The lowest BCUT2D eigenvalue weighted by atomic mass is 10.0. The maximum atomic E-state index is 11.5. The summed E-state index contributed by atoms with van der Waals surface area (Å²) in [5.41, 5.74) is 6.35. The van der Waals surface area contributed by atoms with E-state index in [1.54, 1.807) is 12.1 Å². The molecule has 2 N–H and O–H groups in total. The minimum atomic E-state index is -0.932. The van der Waals surface area contributed by atoms with Crippen molar-refractivity contribution >= 4 is 22.7 Å². The Kier molecular flexibility index (Phi) is 4.49. The molecular weight excluding hydrogens is 314 g/mol. The van der Waals surface area contributed by atoms with E-state index < -0.39 is 5.97 Å². The smallest absolute Gasteiger partial charge is 0.335 e. The van der Waals surface area contributed by atoms with Crippen molar-refractivity contribution in [1.29, 1.82) is 0 Å². The molecule has 2 aromatic carbocycles. The summed E-state index contributed by atoms with van der Waals surface area (Å²) in [5, 5.41) is 12.9. The molecule has 0 amide bonds. The van der Waals surface area contributed by atoms with Crippen LogP contribution in [0.3, 0.4) is 0 Å². The summed E-state index contributed by atoms with van der Waals surface area (Å²) in [7, 11) is 0. The van der Waals surface area contributed by atoms with Crippen molar-refractivity contribution in [3.05, 3.63) is 58.4 Å². The summed E-state index contributed by atoms with van der Waals surface area (Å²) in [4.78, 5) is 16.2. The lowest BCUT2D eigenvalue weighted by Crippen LogP contribution is -2.06. The van der Waals surface area contributed by atoms with Crippen molar-refractivity contribution in [2.24, 2.45) is 0 Å². The zero-order chi connectivity index (χ0) is 18.1. The van der Waals surface area contributed by atoms with Gasteiger partial charge < -0.3 is 15.0 Å². The Hall–Kier alpha value is -2.82. The van der Waals surface area contributed by atoms with Crippen molar-refractivity contribution in [1.82, 2.24) is 9.55 Å². The second-order valence-corrected chi connectivity index (χ2v) is 6.32. The van der Waals surface area contributed by atoms with Gasteiger partial charge in [0, 0.05) is 13.1 Å². The van der Waals surface area contributed by atoms with Crippen LogP contribution >= 0.6 is 0 Å². The van der Waals surface area contributed by atoms with Gasteiger partial charge in [-0.05, 0) is 56.5 Å². The van der Waals surface area contributed by atoms with Gasteiger partial charge in [0.15, 0.2) is 0 Å². The molecule has 0 aliphatic heterocycles. The fourth-order valence-electron chi connectivity index (χ4n) is 3.31. The van der Waals surface area contributed by atoms with Gasteiger partial charge in [-0.25, -0.2) is 9.78 Å². The van der Waals surface area contributed by atoms with E-state index >= 15 is 0 Å². The van der Waals surface area contributed by atoms with E-state index in [-0.39, 0.29) is 5.56 Å². The molecule has 0 spiro atoms. The SMILES string of the molecule is CCn1c(C)nc2c(NCc3c(C)cccc3C)cc(C(=O)O)cc21. The van der Waals surface area contributed by atoms with E-state index in [2.05, 4.69) is 36.3 Å². The van der Waals surface area contributed by atoms with Crippen molar-refractivity contribution in [3.8, 4) is 0 Å². The Labute approximate surface area is 147 Å². The predicted octanol–water partition coefficient (Wildman–Crippen LogP) is 4.29. The number of carbonyl (C=O) groups is 1. The van der Waals surface area contributed by atoms with Crippen LogP contribution in [0.1, 0.15) is 39.8 Å². The van der Waals surface area contributed by atoms with Crippen molar-refractivity contribution in [2.75, 3.05) is 5.32 Å². The topological polar surface area (TPSA) is 67.2 Å². The Morgan fingerprint density at radius 1 is 1.20 bits per heavy atom. The number of aromatic carboxylic acids is 1. The summed E-state index contributed by atoms with van der Waals surface area (Å²) < 4.78 is 2.03. The Bertz CT molecular complexity index is 937. The van der Waals surface area contributed by atoms with Gasteiger partial charge in [0.1, 0.15) is 11.3 Å². The number of benzene rings is 2. The van der Waals surface area contributed by atoms with Crippen LogP contribution in [0, 0.1) is 20.8 Å². The van der Waals surface area contributed by atoms with Gasteiger partial charge in [0.25, 0.3) is 0 Å². The maximum absolute atomic E-state index is 11.5. The summed E-state index contributed by atoms with van der Waals surface area (Å²) in [6.45, 7) is 9.54. The Balaban J connectivity index is 2.07. The second kappa shape index (κ2) is 6.59. The number of hydrogen-bond acceptors (Lipinski definition) is 3. The number of rotatable bonds is 5. The number of anilines is 1. The van der Waals surface area contributed by atoms with Crippen LogP contribution in [-0.4, -0.2) is 20.6 Å². The van der Waals surface area contributed by atoms with Crippen LogP contribution in [0.25, 0.3) is 11.0 Å². The number of imidazole rings is 1. The zero-order valence-corrected chi connectivity index (χ0v) is 15.1. The van der Waals surface area contributed by atoms with Gasteiger partial charge in [-0.15, -0.1) is 0 Å². The molecule has 5 nitrogen and oxygen atoms in total. The first-order valence-electron chi connectivity index (χ1n) is 8.45. The Morgan fingerprint density at radius 3 is 2.48 bits per heavy atom. The van der Waals surface area contributed by atoms with Crippen molar-refractivity contribution < 1.29 is 9.90 Å². The fourth-order valence-corrected chi connectivity index (χ4v) is 3.31. The second-order valence-electron chi connectivity index (χ2n) is 6.32. The third-order valence-electron chi connectivity index (χ3n) is 4.71. The molecule has 3 aromatic rings. The van der Waals surface area contributed by atoms with Crippen LogP contribution in [0.15, 0.2) is 30.3 Å². The molecule has 0 aliphatic carbocycles. The van der Waals surface area contributed by atoms with Gasteiger partial charge in [-0.3, -0.25) is 0 Å². The highest BCUT2D eigenvalue weighted by Gasteiger charge is 2.15. The molecule has 0 saturated carbocycles. The minimum absolute atomic E-state index is 0.270. The summed E-state index contributed by atoms with van der Waals surface area (Å²) in [5.74, 6) is -0.0475. The predicted molar refractivity (Wildman–Crippen MR) is 100 cm³/mol. The number of aryl methyl sites for hydroxylation is 4. The minimum Gasteiger partial charge on any atom is -0.478 e. The molecule has 0 radical (unpaired) electrons. The monoisotopic (exact) mass is 337 g/mol. The molecular formula is C20H23N3O2. The standard InChI is InChI=1S/C20H23N3O2/c1-5-23-14(4)22-19-17(9-15(20(24)25)10-18(19)23)21-11-16-12(2)7-6-8-13(16)3/h6-10,21H,5,11H2,1-4H3,(H,24,25). The fraction of sp³-hybridized carbons (Fsp3) is 0.300. The quantitative estimate of drug-likeness (QED) is 0.729. The first kappa shape index (κ1) is 17.0. The lowest BCUT2D eigenvalue weighted by Gasteiger charge is -2.13. The van der Waals surface area contributed by atoms with Gasteiger partial charge in [-0.1, -0.05) is 18.2 Å². The molecule has 1 heterocycles. The van der Waals surface area contributed by atoms with E-state index in [1.807, 2.05) is 24.5 Å². The van der Waals surface area contributed by atoms with E-state index in [0.717, 1.165) is 29.1 Å². The third-order valence-corrected chi connectivity index (χ3v) is 4.71. The first-order chi connectivity index (χ1) is 11.9. The van der Waals surface area contributed by atoms with Crippen LogP contribution in [0.4, 0.5) is 5.69 Å². The van der Waals surface area contributed by atoms with Gasteiger partial charge in [-0.2, -0.15) is 0 Å². The molecule has 130 valence electrons. The van der Waals surface area contributed by atoms with Gasteiger partial charge in [0.2, 0.25) is 0 Å². The lowest BCUT2D eigenvalue weighted by molar-refractivity contribution is 0.0697. The molecule has 0 fully saturated rings. The van der Waals surface area contributed by atoms with E-state index in [4.69, 9.17) is 0 Å². The molecule has 5 heteroatoms. The van der Waals surface area contributed by atoms with Crippen LogP contribution < -0.4 is 5.32 Å². The van der Waals surface area contributed by atoms with Crippen LogP contribution in [0.2, 0.25) is 0 Å². The van der Waals surface area contributed by atoms with E-state index in [0.29, 0.717) is 6.54 Å². The third kappa shape index (κ3) is 3.09. The zero-order valence-electron chi connectivity index (χ0n) is 15.1. The van der Waals surface area contributed by atoms with E-state index in [1.165, 1.54) is 16.7 Å². The Morgan fingerprint density at radius 2 is 1.88 bits per heavy atom. The number of nitrogens with one attached hydrogen (secondary N) is 1. The summed E-state index contributed by atoms with van der Waals surface area (Å²) in [6, 6.07) is 9.59. The molecule has 3 rings (SSSR count). The number of aromatic nitrogens is 2. The number of nitrogens with zero attached hydrogens (tertiary/aromatic N) is 2. The number of carboxylic acids is 1. The van der Waals surface area contributed by atoms with E-state index in [9.17, 15) is 9.90 Å². The molecule has 25 heavy (non-hydrogen) atoms. The highest BCUT2D eigenvalue weighted by Crippen LogP contribution is 2.27. The summed E-state index contributed by atoms with van der Waals surface area (Å²) >= 11 is 0. The highest BCUT2D eigenvalue weighted by atomic mass is 16.4. The summed E-state index contributed by atoms with van der Waals surface area (Å²) in [6.07, 6.45) is 0. The maximum Gasteiger partial charge on any atom is 0.335 e. The molecule has 1 aromatic heterocycles. The molecule has 0 aliphatic rings. The number of fused-ring (bicyclic) bond motifs is 1. The van der Waals surface area contributed by atoms with Crippen molar-refractivity contribution in [2.45, 2.75) is 40.8 Å². The normalized spacial score (nSPS) is 11.0. The van der Waals surface area contributed by atoms with Gasteiger partial charge in [0.05, 0.1) is 16.8 Å². The van der Waals surface area contributed by atoms with Crippen LogP contribution in [-0.2, 0) is 13.1 Å². The molecule has 0 saturated heterocycles. The van der Waals surface area contributed by atoms with Crippen LogP contribution in [0.5, 0.6) is 0 Å². The first-order valence-corrected chi connectivity index (χ1v) is 8.45. The number of hydrogen-bond donors (Lipinski definition) is 2. The molecule has 0 bridgehead atoms. The van der Waals surface area contributed by atoms with Gasteiger partial charge >= 0.3 is 5.97 Å².